The first-order chi connectivity index (χ1) is 10.3. The fourth-order valence-corrected chi connectivity index (χ4v) is 3.01. The van der Waals surface area contributed by atoms with Crippen LogP contribution in [0.15, 0.2) is 48.5 Å². The van der Waals surface area contributed by atoms with Gasteiger partial charge in [0.2, 0.25) is 0 Å². The van der Waals surface area contributed by atoms with E-state index >= 15 is 0 Å². The normalized spacial score (nSPS) is 17.9. The number of likely N-dealkylation sites (N-methyl/N-ethyl adjacent to an activating group) is 1. The largest absolute Gasteiger partial charge is 0.497 e. The van der Waals surface area contributed by atoms with Gasteiger partial charge < -0.3 is 14.8 Å². The lowest BCUT2D eigenvalue weighted by molar-refractivity contribution is 0.300. The Morgan fingerprint density at radius 1 is 1.24 bits per heavy atom. The summed E-state index contributed by atoms with van der Waals surface area (Å²) in [5.41, 5.74) is 2.52. The molecule has 0 saturated carbocycles. The van der Waals surface area contributed by atoms with E-state index in [0.717, 1.165) is 18.0 Å². The maximum absolute atomic E-state index is 5.85. The SMILES string of the molecule is CCNC(c1cccc(OC)c1)C1COc2ccccc21. The van der Waals surface area contributed by atoms with Crippen molar-refractivity contribution in [3.05, 3.63) is 59.7 Å². The van der Waals surface area contributed by atoms with Gasteiger partial charge in [0.1, 0.15) is 11.5 Å². The van der Waals surface area contributed by atoms with E-state index in [1.54, 1.807) is 7.11 Å². The van der Waals surface area contributed by atoms with E-state index in [1.165, 1.54) is 11.1 Å². The molecule has 1 N–H and O–H groups in total. The van der Waals surface area contributed by atoms with Crippen molar-refractivity contribution in [2.75, 3.05) is 20.3 Å². The molecule has 2 unspecified atom stereocenters. The van der Waals surface area contributed by atoms with Crippen LogP contribution in [0, 0.1) is 0 Å². The van der Waals surface area contributed by atoms with Gasteiger partial charge in [-0.3, -0.25) is 0 Å². The smallest absolute Gasteiger partial charge is 0.122 e. The first-order valence-electron chi connectivity index (χ1n) is 7.42. The summed E-state index contributed by atoms with van der Waals surface area (Å²) in [6.45, 7) is 3.77. The Kier molecular flexibility index (Phi) is 4.11. The van der Waals surface area contributed by atoms with Gasteiger partial charge in [-0.1, -0.05) is 37.3 Å². The zero-order valence-electron chi connectivity index (χ0n) is 12.5. The summed E-state index contributed by atoms with van der Waals surface area (Å²) in [6.07, 6.45) is 0. The molecule has 3 heteroatoms. The average molecular weight is 283 g/mol. The number of para-hydroxylation sites is 1. The van der Waals surface area contributed by atoms with E-state index in [-0.39, 0.29) is 6.04 Å². The van der Waals surface area contributed by atoms with Crippen LogP contribution in [0.2, 0.25) is 0 Å². The van der Waals surface area contributed by atoms with Crippen LogP contribution in [0.25, 0.3) is 0 Å². The molecule has 0 aliphatic carbocycles. The Hall–Kier alpha value is -2.00. The van der Waals surface area contributed by atoms with Crippen LogP contribution in [-0.2, 0) is 0 Å². The Balaban J connectivity index is 1.95. The molecule has 3 nitrogen and oxygen atoms in total. The summed E-state index contributed by atoms with van der Waals surface area (Å²) >= 11 is 0. The standard InChI is InChI=1S/C18H21NO2/c1-3-19-18(13-7-6-8-14(11-13)20-2)16-12-21-17-10-5-4-9-15(16)17/h4-11,16,18-19H,3,12H2,1-2H3. The lowest BCUT2D eigenvalue weighted by Crippen LogP contribution is -2.28. The molecule has 2 aromatic carbocycles. The number of benzene rings is 2. The van der Waals surface area contributed by atoms with E-state index in [4.69, 9.17) is 9.47 Å². The van der Waals surface area contributed by atoms with Crippen molar-refractivity contribution in [2.24, 2.45) is 0 Å². The summed E-state index contributed by atoms with van der Waals surface area (Å²) in [4.78, 5) is 0. The number of hydrogen-bond acceptors (Lipinski definition) is 3. The van der Waals surface area contributed by atoms with Crippen molar-refractivity contribution in [1.82, 2.24) is 5.32 Å². The zero-order chi connectivity index (χ0) is 14.7. The Morgan fingerprint density at radius 2 is 2.10 bits per heavy atom. The highest BCUT2D eigenvalue weighted by atomic mass is 16.5. The molecule has 0 amide bonds. The Morgan fingerprint density at radius 3 is 2.90 bits per heavy atom. The van der Waals surface area contributed by atoms with Gasteiger partial charge in [-0.15, -0.1) is 0 Å². The third kappa shape index (κ3) is 2.74. The quantitative estimate of drug-likeness (QED) is 0.910. The highest BCUT2D eigenvalue weighted by Gasteiger charge is 2.31. The van der Waals surface area contributed by atoms with E-state index < -0.39 is 0 Å². The molecule has 0 bridgehead atoms. The second-order valence-electron chi connectivity index (χ2n) is 5.27. The summed E-state index contributed by atoms with van der Waals surface area (Å²) in [5.74, 6) is 2.23. The zero-order valence-corrected chi connectivity index (χ0v) is 12.5. The van der Waals surface area contributed by atoms with Crippen molar-refractivity contribution < 1.29 is 9.47 Å². The summed E-state index contributed by atoms with van der Waals surface area (Å²) in [6, 6.07) is 16.8. The molecule has 3 rings (SSSR count). The average Bonchev–Trinajstić information content (AvgIpc) is 2.96. The molecule has 0 spiro atoms. The van der Waals surface area contributed by atoms with Crippen molar-refractivity contribution in [2.45, 2.75) is 18.9 Å². The molecule has 1 heterocycles. The van der Waals surface area contributed by atoms with Crippen molar-refractivity contribution in [3.8, 4) is 11.5 Å². The topological polar surface area (TPSA) is 30.5 Å². The van der Waals surface area contributed by atoms with Gasteiger partial charge >= 0.3 is 0 Å². The predicted octanol–water partition coefficient (Wildman–Crippen LogP) is 3.52. The van der Waals surface area contributed by atoms with Gasteiger partial charge in [-0.25, -0.2) is 0 Å². The van der Waals surface area contributed by atoms with Gasteiger partial charge in [-0.05, 0) is 30.3 Å². The van der Waals surface area contributed by atoms with E-state index in [1.807, 2.05) is 24.3 Å². The van der Waals surface area contributed by atoms with Crippen molar-refractivity contribution in [1.29, 1.82) is 0 Å². The van der Waals surface area contributed by atoms with Gasteiger partial charge in [0.05, 0.1) is 13.7 Å². The van der Waals surface area contributed by atoms with Gasteiger partial charge in [-0.2, -0.15) is 0 Å². The van der Waals surface area contributed by atoms with Crippen LogP contribution in [0.5, 0.6) is 11.5 Å². The molecule has 2 aromatic rings. The third-order valence-corrected chi connectivity index (χ3v) is 4.02. The molecule has 0 saturated heterocycles. The van der Waals surface area contributed by atoms with Gasteiger partial charge in [0, 0.05) is 17.5 Å². The van der Waals surface area contributed by atoms with Crippen LogP contribution in [-0.4, -0.2) is 20.3 Å². The minimum atomic E-state index is 0.230. The summed E-state index contributed by atoms with van der Waals surface area (Å²) in [7, 11) is 1.70. The van der Waals surface area contributed by atoms with E-state index in [0.29, 0.717) is 12.5 Å². The summed E-state index contributed by atoms with van der Waals surface area (Å²) < 4.78 is 11.2. The fraction of sp³-hybridized carbons (Fsp3) is 0.333. The van der Waals surface area contributed by atoms with Crippen LogP contribution in [0.3, 0.4) is 0 Å². The molecule has 0 aromatic heterocycles. The Bertz CT molecular complexity index is 612. The lowest BCUT2D eigenvalue weighted by atomic mass is 9.88. The minimum Gasteiger partial charge on any atom is -0.497 e. The number of hydrogen-bond donors (Lipinski definition) is 1. The number of ether oxygens (including phenoxy) is 2. The van der Waals surface area contributed by atoms with E-state index in [2.05, 4.69) is 36.5 Å². The van der Waals surface area contributed by atoms with Gasteiger partial charge in [0.15, 0.2) is 0 Å². The highest BCUT2D eigenvalue weighted by Crippen LogP contribution is 2.41. The first-order valence-corrected chi connectivity index (χ1v) is 7.42. The van der Waals surface area contributed by atoms with E-state index in [9.17, 15) is 0 Å². The molecular weight excluding hydrogens is 262 g/mol. The predicted molar refractivity (Wildman–Crippen MR) is 84.1 cm³/mol. The minimum absolute atomic E-state index is 0.230. The van der Waals surface area contributed by atoms with Crippen molar-refractivity contribution >= 4 is 0 Å². The highest BCUT2D eigenvalue weighted by molar-refractivity contribution is 5.43. The monoisotopic (exact) mass is 283 g/mol. The summed E-state index contributed by atoms with van der Waals surface area (Å²) in [5, 5.41) is 3.60. The molecule has 110 valence electrons. The van der Waals surface area contributed by atoms with Crippen LogP contribution >= 0.6 is 0 Å². The molecular formula is C18H21NO2. The second kappa shape index (κ2) is 6.19. The maximum atomic E-state index is 5.85. The molecule has 1 aliphatic rings. The van der Waals surface area contributed by atoms with Crippen molar-refractivity contribution in [3.63, 3.8) is 0 Å². The Labute approximate surface area is 125 Å². The number of methoxy groups -OCH3 is 1. The molecule has 2 atom stereocenters. The fourth-order valence-electron chi connectivity index (χ4n) is 3.01. The number of nitrogens with one attached hydrogen (secondary N) is 1. The van der Waals surface area contributed by atoms with Crippen LogP contribution in [0.1, 0.15) is 30.0 Å². The molecule has 0 fully saturated rings. The maximum Gasteiger partial charge on any atom is 0.122 e. The van der Waals surface area contributed by atoms with Crippen LogP contribution < -0.4 is 14.8 Å². The molecule has 21 heavy (non-hydrogen) atoms. The molecule has 1 aliphatic heterocycles. The van der Waals surface area contributed by atoms with Gasteiger partial charge in [0.25, 0.3) is 0 Å². The second-order valence-corrected chi connectivity index (χ2v) is 5.27. The number of rotatable bonds is 5. The number of fused-ring (bicyclic) bond motifs is 1. The third-order valence-electron chi connectivity index (χ3n) is 4.02. The lowest BCUT2D eigenvalue weighted by Gasteiger charge is -2.24. The van der Waals surface area contributed by atoms with Crippen LogP contribution in [0.4, 0.5) is 0 Å². The first kappa shape index (κ1) is 14.0. The molecule has 0 radical (unpaired) electrons.